The van der Waals surface area contributed by atoms with Gasteiger partial charge in [-0.3, -0.25) is 14.9 Å². The van der Waals surface area contributed by atoms with Crippen LogP contribution in [0.3, 0.4) is 0 Å². The van der Waals surface area contributed by atoms with Gasteiger partial charge in [-0.05, 0) is 6.07 Å². The molecule has 1 aromatic heterocycles. The molecule has 0 spiro atoms. The van der Waals surface area contributed by atoms with Gasteiger partial charge in [-0.1, -0.05) is 0 Å². The molecule has 6 heteroatoms. The lowest BCUT2D eigenvalue weighted by Gasteiger charge is -1.94. The number of nitro benzene ring substituents is 1. The van der Waals surface area contributed by atoms with E-state index in [0.717, 1.165) is 0 Å². The summed E-state index contributed by atoms with van der Waals surface area (Å²) in [7, 11) is 0. The number of hydrogen-bond donors (Lipinski definition) is 1. The summed E-state index contributed by atoms with van der Waals surface area (Å²) in [6.45, 7) is 0. The number of aldehydes is 1. The fourth-order valence-electron chi connectivity index (χ4n) is 1.29. The minimum Gasteiger partial charge on any atom is -0.344 e. The lowest BCUT2D eigenvalue weighted by molar-refractivity contribution is -0.383. The average Bonchev–Trinajstić information content (AvgIpc) is 2.64. The van der Waals surface area contributed by atoms with Crippen LogP contribution in [0.25, 0.3) is 11.0 Å². The summed E-state index contributed by atoms with van der Waals surface area (Å²) in [6, 6.07) is 2.67. The maximum atomic E-state index is 10.6. The van der Waals surface area contributed by atoms with E-state index in [-0.39, 0.29) is 11.2 Å². The summed E-state index contributed by atoms with van der Waals surface area (Å²) in [4.78, 5) is 27.1. The third-order valence-corrected chi connectivity index (χ3v) is 1.92. The van der Waals surface area contributed by atoms with E-state index in [1.165, 1.54) is 18.5 Å². The minimum atomic E-state index is -0.530. The predicted molar refractivity (Wildman–Crippen MR) is 48.1 cm³/mol. The molecule has 0 saturated carbocycles. The number of benzene rings is 1. The van der Waals surface area contributed by atoms with E-state index in [4.69, 9.17) is 0 Å². The summed E-state index contributed by atoms with van der Waals surface area (Å²) in [5.41, 5.74) is 0.865. The van der Waals surface area contributed by atoms with Gasteiger partial charge in [0, 0.05) is 11.6 Å². The zero-order chi connectivity index (χ0) is 10.1. The standard InChI is InChI=1S/C8H5N3O3/c12-3-5-1-2-6(11(13)14)8-7(5)9-4-10-8/h1-4H,(H,9,10). The van der Waals surface area contributed by atoms with Gasteiger partial charge < -0.3 is 4.98 Å². The largest absolute Gasteiger partial charge is 0.344 e. The van der Waals surface area contributed by atoms with Crippen molar-refractivity contribution in [1.82, 2.24) is 9.97 Å². The third-order valence-electron chi connectivity index (χ3n) is 1.92. The van der Waals surface area contributed by atoms with Gasteiger partial charge in [0.05, 0.1) is 16.8 Å². The number of aromatic amines is 1. The predicted octanol–water partition coefficient (Wildman–Crippen LogP) is 1.28. The van der Waals surface area contributed by atoms with Crippen LogP contribution in [0, 0.1) is 10.1 Å². The Kier molecular flexibility index (Phi) is 1.74. The summed E-state index contributed by atoms with van der Waals surface area (Å²) in [5, 5.41) is 10.6. The number of rotatable bonds is 2. The number of carbonyl (C=O) groups is 1. The molecule has 0 bridgehead atoms. The Labute approximate surface area is 77.7 Å². The molecular weight excluding hydrogens is 186 g/mol. The van der Waals surface area contributed by atoms with Crippen LogP contribution in [-0.4, -0.2) is 21.2 Å². The Balaban J connectivity index is 2.84. The molecule has 0 saturated heterocycles. The molecule has 0 amide bonds. The van der Waals surface area contributed by atoms with Crippen molar-refractivity contribution >= 4 is 23.0 Å². The smallest absolute Gasteiger partial charge is 0.297 e. The first kappa shape index (κ1) is 8.36. The van der Waals surface area contributed by atoms with E-state index >= 15 is 0 Å². The molecule has 2 rings (SSSR count). The number of aromatic nitrogens is 2. The molecular formula is C8H5N3O3. The van der Waals surface area contributed by atoms with Gasteiger partial charge in [-0.15, -0.1) is 0 Å². The number of imidazole rings is 1. The summed E-state index contributed by atoms with van der Waals surface area (Å²) in [5.74, 6) is 0. The van der Waals surface area contributed by atoms with Crippen molar-refractivity contribution < 1.29 is 9.72 Å². The van der Waals surface area contributed by atoms with E-state index in [0.29, 0.717) is 17.4 Å². The molecule has 0 radical (unpaired) electrons. The number of fused-ring (bicyclic) bond motifs is 1. The van der Waals surface area contributed by atoms with Crippen molar-refractivity contribution in [2.24, 2.45) is 0 Å². The molecule has 0 aliphatic heterocycles. The average molecular weight is 191 g/mol. The first-order valence-corrected chi connectivity index (χ1v) is 3.79. The van der Waals surface area contributed by atoms with Crippen molar-refractivity contribution in [2.45, 2.75) is 0 Å². The topological polar surface area (TPSA) is 88.9 Å². The van der Waals surface area contributed by atoms with Crippen LogP contribution in [0.2, 0.25) is 0 Å². The van der Waals surface area contributed by atoms with E-state index in [1.807, 2.05) is 0 Å². The quantitative estimate of drug-likeness (QED) is 0.440. The van der Waals surface area contributed by atoms with Gasteiger partial charge in [-0.2, -0.15) is 0 Å². The minimum absolute atomic E-state index is 0.105. The number of hydrogen-bond acceptors (Lipinski definition) is 4. The molecule has 70 valence electrons. The van der Waals surface area contributed by atoms with Crippen molar-refractivity contribution in [1.29, 1.82) is 0 Å². The lowest BCUT2D eigenvalue weighted by Crippen LogP contribution is -1.91. The van der Waals surface area contributed by atoms with Crippen LogP contribution in [0.1, 0.15) is 10.4 Å². The third kappa shape index (κ3) is 1.05. The van der Waals surface area contributed by atoms with Crippen LogP contribution in [0.4, 0.5) is 5.69 Å². The Morgan fingerprint density at radius 1 is 1.50 bits per heavy atom. The maximum Gasteiger partial charge on any atom is 0.297 e. The first-order chi connectivity index (χ1) is 6.74. The highest BCUT2D eigenvalue weighted by atomic mass is 16.6. The van der Waals surface area contributed by atoms with Crippen LogP contribution >= 0.6 is 0 Å². The van der Waals surface area contributed by atoms with E-state index in [9.17, 15) is 14.9 Å². The second-order valence-corrected chi connectivity index (χ2v) is 2.68. The molecule has 0 aliphatic rings. The molecule has 2 aromatic rings. The second-order valence-electron chi connectivity index (χ2n) is 2.68. The molecule has 1 N–H and O–H groups in total. The Hall–Kier alpha value is -2.24. The van der Waals surface area contributed by atoms with Gasteiger partial charge in [0.15, 0.2) is 11.8 Å². The highest BCUT2D eigenvalue weighted by molar-refractivity contribution is 5.97. The van der Waals surface area contributed by atoms with Crippen LogP contribution < -0.4 is 0 Å². The summed E-state index contributed by atoms with van der Waals surface area (Å²) in [6.07, 6.45) is 1.95. The number of nitrogens with one attached hydrogen (secondary N) is 1. The van der Waals surface area contributed by atoms with Gasteiger partial charge in [-0.25, -0.2) is 4.98 Å². The number of nitrogens with zero attached hydrogens (tertiary/aromatic N) is 2. The Morgan fingerprint density at radius 2 is 2.29 bits per heavy atom. The van der Waals surface area contributed by atoms with E-state index < -0.39 is 4.92 Å². The molecule has 6 nitrogen and oxygen atoms in total. The number of H-pyrrole nitrogens is 1. The zero-order valence-electron chi connectivity index (χ0n) is 6.93. The SMILES string of the molecule is O=Cc1ccc([N+](=O)[O-])c2nc[nH]c12. The normalized spacial score (nSPS) is 10.3. The van der Waals surface area contributed by atoms with Crippen molar-refractivity contribution in [3.8, 4) is 0 Å². The molecule has 0 unspecified atom stereocenters. The molecule has 1 heterocycles. The molecule has 0 atom stereocenters. The Bertz CT molecular complexity index is 518. The first-order valence-electron chi connectivity index (χ1n) is 3.79. The number of nitro groups is 1. The molecule has 0 aliphatic carbocycles. The Morgan fingerprint density at radius 3 is 2.93 bits per heavy atom. The van der Waals surface area contributed by atoms with Gasteiger partial charge >= 0.3 is 0 Å². The maximum absolute atomic E-state index is 10.6. The van der Waals surface area contributed by atoms with E-state index in [2.05, 4.69) is 9.97 Å². The van der Waals surface area contributed by atoms with Crippen molar-refractivity contribution in [3.63, 3.8) is 0 Å². The van der Waals surface area contributed by atoms with E-state index in [1.54, 1.807) is 0 Å². The number of non-ortho nitro benzene ring substituents is 1. The number of carbonyl (C=O) groups excluding carboxylic acids is 1. The van der Waals surface area contributed by atoms with Gasteiger partial charge in [0.1, 0.15) is 0 Å². The molecule has 0 fully saturated rings. The monoisotopic (exact) mass is 191 g/mol. The summed E-state index contributed by atoms with van der Waals surface area (Å²) < 4.78 is 0. The van der Waals surface area contributed by atoms with Crippen molar-refractivity contribution in [3.05, 3.63) is 34.1 Å². The van der Waals surface area contributed by atoms with Crippen molar-refractivity contribution in [2.75, 3.05) is 0 Å². The van der Waals surface area contributed by atoms with Gasteiger partial charge in [0.2, 0.25) is 0 Å². The molecule has 1 aromatic carbocycles. The summed E-state index contributed by atoms with van der Waals surface area (Å²) >= 11 is 0. The highest BCUT2D eigenvalue weighted by Gasteiger charge is 2.15. The van der Waals surface area contributed by atoms with Crippen LogP contribution in [0.15, 0.2) is 18.5 Å². The van der Waals surface area contributed by atoms with Crippen LogP contribution in [0.5, 0.6) is 0 Å². The lowest BCUT2D eigenvalue weighted by atomic mass is 10.2. The van der Waals surface area contributed by atoms with Crippen LogP contribution in [-0.2, 0) is 0 Å². The fourth-order valence-corrected chi connectivity index (χ4v) is 1.29. The highest BCUT2D eigenvalue weighted by Crippen LogP contribution is 2.24. The fraction of sp³-hybridized carbons (Fsp3) is 0. The second kappa shape index (κ2) is 2.91. The zero-order valence-corrected chi connectivity index (χ0v) is 6.93. The molecule has 14 heavy (non-hydrogen) atoms. The van der Waals surface area contributed by atoms with Gasteiger partial charge in [0.25, 0.3) is 5.69 Å².